The minimum atomic E-state index is -0.603. The standard InChI is InChI=1S/C20H16ClN3O3/c21-14-10-11-18(22-12-14)24-19(25)13-27-20(26)16-8-4-5-9-17(16)23-15-6-2-1-3-7-15/h1-12,23H,13H2,(H,22,24,25). The Bertz CT molecular complexity index is 931. The summed E-state index contributed by atoms with van der Waals surface area (Å²) in [6.45, 7) is -0.428. The number of hydrogen-bond donors (Lipinski definition) is 2. The second-order valence-corrected chi connectivity index (χ2v) is 5.96. The van der Waals surface area contributed by atoms with Gasteiger partial charge < -0.3 is 15.4 Å². The van der Waals surface area contributed by atoms with Crippen LogP contribution in [-0.2, 0) is 9.53 Å². The summed E-state index contributed by atoms with van der Waals surface area (Å²) in [6.07, 6.45) is 1.41. The Morgan fingerprint density at radius 2 is 1.70 bits per heavy atom. The lowest BCUT2D eigenvalue weighted by atomic mass is 10.1. The maximum Gasteiger partial charge on any atom is 0.340 e. The van der Waals surface area contributed by atoms with Gasteiger partial charge in [0.15, 0.2) is 6.61 Å². The number of rotatable bonds is 6. The lowest BCUT2D eigenvalue weighted by Gasteiger charge is -2.11. The SMILES string of the molecule is O=C(COC(=O)c1ccccc1Nc1ccccc1)Nc1ccc(Cl)cn1. The van der Waals surface area contributed by atoms with Crippen molar-refractivity contribution in [2.24, 2.45) is 0 Å². The molecule has 0 saturated carbocycles. The third-order valence-corrected chi connectivity index (χ3v) is 3.75. The first-order valence-corrected chi connectivity index (χ1v) is 8.49. The lowest BCUT2D eigenvalue weighted by molar-refractivity contribution is -0.119. The van der Waals surface area contributed by atoms with Crippen LogP contribution in [0.25, 0.3) is 0 Å². The number of anilines is 3. The molecule has 0 aliphatic carbocycles. The minimum Gasteiger partial charge on any atom is -0.452 e. The molecule has 1 amide bonds. The van der Waals surface area contributed by atoms with Crippen LogP contribution < -0.4 is 10.6 Å². The number of nitrogens with zero attached hydrogens (tertiary/aromatic N) is 1. The van der Waals surface area contributed by atoms with Crippen molar-refractivity contribution in [2.75, 3.05) is 17.2 Å². The van der Waals surface area contributed by atoms with Crippen molar-refractivity contribution in [3.05, 3.63) is 83.5 Å². The normalized spacial score (nSPS) is 10.1. The molecule has 3 aromatic rings. The third-order valence-electron chi connectivity index (χ3n) is 3.53. The third kappa shape index (κ3) is 5.29. The van der Waals surface area contributed by atoms with Crippen LogP contribution in [-0.4, -0.2) is 23.5 Å². The molecule has 136 valence electrons. The van der Waals surface area contributed by atoms with Crippen LogP contribution in [0.1, 0.15) is 10.4 Å². The van der Waals surface area contributed by atoms with Gasteiger partial charge in [0.1, 0.15) is 5.82 Å². The van der Waals surface area contributed by atoms with Crippen molar-refractivity contribution >= 4 is 40.7 Å². The fourth-order valence-corrected chi connectivity index (χ4v) is 2.40. The molecule has 7 heteroatoms. The molecule has 0 spiro atoms. The second-order valence-electron chi connectivity index (χ2n) is 5.52. The van der Waals surface area contributed by atoms with Crippen LogP contribution >= 0.6 is 11.6 Å². The van der Waals surface area contributed by atoms with E-state index in [0.29, 0.717) is 22.1 Å². The summed E-state index contributed by atoms with van der Waals surface area (Å²) < 4.78 is 5.12. The van der Waals surface area contributed by atoms with E-state index in [2.05, 4.69) is 15.6 Å². The van der Waals surface area contributed by atoms with E-state index in [9.17, 15) is 9.59 Å². The summed E-state index contributed by atoms with van der Waals surface area (Å²) in [7, 11) is 0. The summed E-state index contributed by atoms with van der Waals surface area (Å²) in [5.74, 6) is -0.772. The van der Waals surface area contributed by atoms with Crippen LogP contribution in [0, 0.1) is 0 Å². The Labute approximate surface area is 161 Å². The number of carbonyl (C=O) groups is 2. The molecule has 27 heavy (non-hydrogen) atoms. The predicted octanol–water partition coefficient (Wildman–Crippen LogP) is 4.27. The molecule has 0 fully saturated rings. The van der Waals surface area contributed by atoms with Crippen LogP contribution in [0.2, 0.25) is 5.02 Å². The monoisotopic (exact) mass is 381 g/mol. The van der Waals surface area contributed by atoms with Crippen LogP contribution in [0.15, 0.2) is 72.9 Å². The average Bonchev–Trinajstić information content (AvgIpc) is 2.69. The van der Waals surface area contributed by atoms with Gasteiger partial charge in [0.2, 0.25) is 0 Å². The number of ether oxygens (including phenoxy) is 1. The van der Waals surface area contributed by atoms with Crippen LogP contribution in [0.3, 0.4) is 0 Å². The van der Waals surface area contributed by atoms with E-state index < -0.39 is 18.5 Å². The molecule has 2 aromatic carbocycles. The zero-order valence-electron chi connectivity index (χ0n) is 14.2. The van der Waals surface area contributed by atoms with Crippen molar-refractivity contribution in [3.8, 4) is 0 Å². The molecule has 1 heterocycles. The summed E-state index contributed by atoms with van der Waals surface area (Å²) in [4.78, 5) is 28.3. The highest BCUT2D eigenvalue weighted by Gasteiger charge is 2.14. The fourth-order valence-electron chi connectivity index (χ4n) is 2.28. The molecule has 0 aliphatic rings. The van der Waals surface area contributed by atoms with E-state index in [1.54, 1.807) is 36.4 Å². The molecule has 6 nitrogen and oxygen atoms in total. The summed E-state index contributed by atoms with van der Waals surface area (Å²) in [5, 5.41) is 6.15. The van der Waals surface area contributed by atoms with Crippen molar-refractivity contribution < 1.29 is 14.3 Å². The maximum atomic E-state index is 12.4. The molecule has 3 rings (SSSR count). The zero-order valence-corrected chi connectivity index (χ0v) is 14.9. The van der Waals surface area contributed by atoms with Crippen molar-refractivity contribution in [1.82, 2.24) is 4.98 Å². The fraction of sp³-hybridized carbons (Fsp3) is 0.0500. The molecule has 1 aromatic heterocycles. The lowest BCUT2D eigenvalue weighted by Crippen LogP contribution is -2.21. The number of para-hydroxylation sites is 2. The highest BCUT2D eigenvalue weighted by Crippen LogP contribution is 2.21. The average molecular weight is 382 g/mol. The molecule has 0 saturated heterocycles. The molecular weight excluding hydrogens is 366 g/mol. The van der Waals surface area contributed by atoms with Gasteiger partial charge in [0.05, 0.1) is 16.3 Å². The molecule has 0 radical (unpaired) electrons. The van der Waals surface area contributed by atoms with Gasteiger partial charge in [-0.15, -0.1) is 0 Å². The molecule has 2 N–H and O–H groups in total. The van der Waals surface area contributed by atoms with E-state index in [0.717, 1.165) is 5.69 Å². The number of amides is 1. The highest BCUT2D eigenvalue weighted by atomic mass is 35.5. The van der Waals surface area contributed by atoms with Gasteiger partial charge in [-0.3, -0.25) is 4.79 Å². The number of halogens is 1. The summed E-state index contributed by atoms with van der Waals surface area (Å²) in [5.41, 5.74) is 1.76. The largest absolute Gasteiger partial charge is 0.452 e. The Balaban J connectivity index is 1.61. The van der Waals surface area contributed by atoms with E-state index in [-0.39, 0.29) is 0 Å². The Kier molecular flexibility index (Phi) is 6.02. The number of aromatic nitrogens is 1. The smallest absolute Gasteiger partial charge is 0.340 e. The molecule has 0 aliphatic heterocycles. The Morgan fingerprint density at radius 1 is 0.963 bits per heavy atom. The van der Waals surface area contributed by atoms with E-state index in [1.165, 1.54) is 6.20 Å². The number of esters is 1. The molecule has 0 unspecified atom stereocenters. The predicted molar refractivity (Wildman–Crippen MR) is 104 cm³/mol. The topological polar surface area (TPSA) is 80.3 Å². The minimum absolute atomic E-state index is 0.326. The van der Waals surface area contributed by atoms with Gasteiger partial charge >= 0.3 is 5.97 Å². The van der Waals surface area contributed by atoms with E-state index in [1.807, 2.05) is 30.3 Å². The molecular formula is C20H16ClN3O3. The number of nitrogens with one attached hydrogen (secondary N) is 2. The van der Waals surface area contributed by atoms with Crippen LogP contribution in [0.4, 0.5) is 17.2 Å². The number of benzene rings is 2. The summed E-state index contributed by atoms with van der Waals surface area (Å²) >= 11 is 5.74. The van der Waals surface area contributed by atoms with E-state index in [4.69, 9.17) is 16.3 Å². The van der Waals surface area contributed by atoms with Gasteiger partial charge in [-0.1, -0.05) is 41.9 Å². The van der Waals surface area contributed by atoms with Gasteiger partial charge in [-0.25, -0.2) is 9.78 Å². The van der Waals surface area contributed by atoms with Crippen molar-refractivity contribution in [2.45, 2.75) is 0 Å². The van der Waals surface area contributed by atoms with Gasteiger partial charge in [-0.2, -0.15) is 0 Å². The first kappa shape index (κ1) is 18.4. The van der Waals surface area contributed by atoms with Crippen LogP contribution in [0.5, 0.6) is 0 Å². The summed E-state index contributed by atoms with van der Waals surface area (Å²) in [6, 6.07) is 19.5. The quantitative estimate of drug-likeness (QED) is 0.623. The zero-order chi connectivity index (χ0) is 19.1. The Hall–Kier alpha value is -3.38. The van der Waals surface area contributed by atoms with Gasteiger partial charge in [-0.05, 0) is 36.4 Å². The van der Waals surface area contributed by atoms with E-state index >= 15 is 0 Å². The number of carbonyl (C=O) groups excluding carboxylic acids is 2. The first-order valence-electron chi connectivity index (χ1n) is 8.11. The van der Waals surface area contributed by atoms with Crippen molar-refractivity contribution in [1.29, 1.82) is 0 Å². The molecule has 0 bridgehead atoms. The first-order chi connectivity index (χ1) is 13.1. The highest BCUT2D eigenvalue weighted by molar-refractivity contribution is 6.30. The number of pyridine rings is 1. The maximum absolute atomic E-state index is 12.4. The molecule has 0 atom stereocenters. The van der Waals surface area contributed by atoms with Gasteiger partial charge in [0.25, 0.3) is 5.91 Å². The Morgan fingerprint density at radius 3 is 2.44 bits per heavy atom. The van der Waals surface area contributed by atoms with Crippen molar-refractivity contribution in [3.63, 3.8) is 0 Å². The second kappa shape index (κ2) is 8.82. The number of hydrogen-bond acceptors (Lipinski definition) is 5. The van der Waals surface area contributed by atoms with Gasteiger partial charge in [0, 0.05) is 11.9 Å².